The second kappa shape index (κ2) is 5.30. The Kier molecular flexibility index (Phi) is 3.30. The molecular formula is C18H22N2O. The summed E-state index contributed by atoms with van der Waals surface area (Å²) in [5.74, 6) is 1.87. The van der Waals surface area contributed by atoms with Crippen molar-refractivity contribution in [2.75, 3.05) is 6.54 Å². The summed E-state index contributed by atoms with van der Waals surface area (Å²) in [5.41, 5.74) is 1.16. The molecule has 1 heterocycles. The van der Waals surface area contributed by atoms with Crippen molar-refractivity contribution in [3.63, 3.8) is 0 Å². The zero-order valence-corrected chi connectivity index (χ0v) is 12.3. The zero-order valence-electron chi connectivity index (χ0n) is 12.3. The maximum Gasteiger partial charge on any atom is 0.189 e. The normalized spacial score (nSPS) is 18.5. The van der Waals surface area contributed by atoms with Crippen molar-refractivity contribution in [1.29, 1.82) is 0 Å². The lowest BCUT2D eigenvalue weighted by Gasteiger charge is -2.19. The Morgan fingerprint density at radius 3 is 2.52 bits per heavy atom. The SMILES string of the molecule is O=c1ccn(CCNC(C2CC2)C2CC2)c2ccccc12. The van der Waals surface area contributed by atoms with Crippen LogP contribution in [0.4, 0.5) is 0 Å². The Hall–Kier alpha value is -1.61. The van der Waals surface area contributed by atoms with Crippen molar-refractivity contribution in [3.05, 3.63) is 46.8 Å². The molecule has 110 valence electrons. The number of pyridine rings is 1. The van der Waals surface area contributed by atoms with Gasteiger partial charge in [0.1, 0.15) is 0 Å². The van der Waals surface area contributed by atoms with E-state index in [0.29, 0.717) is 0 Å². The van der Waals surface area contributed by atoms with Gasteiger partial charge in [0, 0.05) is 36.8 Å². The Morgan fingerprint density at radius 1 is 1.10 bits per heavy atom. The van der Waals surface area contributed by atoms with Gasteiger partial charge in [0.15, 0.2) is 5.43 Å². The number of hydrogen-bond donors (Lipinski definition) is 1. The Balaban J connectivity index is 1.47. The summed E-state index contributed by atoms with van der Waals surface area (Å²) in [7, 11) is 0. The zero-order chi connectivity index (χ0) is 14.2. The van der Waals surface area contributed by atoms with E-state index in [1.165, 1.54) is 25.7 Å². The standard InChI is InChI=1S/C18H22N2O/c21-17-9-11-20(16-4-2-1-3-15(16)17)12-10-19-18(13-5-6-13)14-7-8-14/h1-4,9,11,13-14,18-19H,5-8,10,12H2. The Labute approximate surface area is 125 Å². The molecule has 21 heavy (non-hydrogen) atoms. The lowest BCUT2D eigenvalue weighted by atomic mass is 10.1. The van der Waals surface area contributed by atoms with E-state index in [0.717, 1.165) is 41.9 Å². The molecule has 1 aromatic heterocycles. The third-order valence-corrected chi connectivity index (χ3v) is 4.88. The first-order valence-corrected chi connectivity index (χ1v) is 8.14. The van der Waals surface area contributed by atoms with Crippen molar-refractivity contribution in [2.45, 2.75) is 38.3 Å². The minimum absolute atomic E-state index is 0.114. The molecule has 0 amide bonds. The molecule has 0 spiro atoms. The summed E-state index contributed by atoms with van der Waals surface area (Å²) in [6, 6.07) is 10.3. The Bertz CT molecular complexity index is 686. The van der Waals surface area contributed by atoms with E-state index in [4.69, 9.17) is 0 Å². The average molecular weight is 282 g/mol. The number of hydrogen-bond acceptors (Lipinski definition) is 2. The van der Waals surface area contributed by atoms with Crippen LogP contribution < -0.4 is 10.7 Å². The first kappa shape index (κ1) is 13.1. The van der Waals surface area contributed by atoms with Gasteiger partial charge in [0.2, 0.25) is 0 Å². The van der Waals surface area contributed by atoms with Crippen LogP contribution in [0, 0.1) is 11.8 Å². The molecule has 2 saturated carbocycles. The molecule has 0 aliphatic heterocycles. The molecule has 2 aliphatic rings. The van der Waals surface area contributed by atoms with Gasteiger partial charge in [-0.2, -0.15) is 0 Å². The fraction of sp³-hybridized carbons (Fsp3) is 0.500. The van der Waals surface area contributed by atoms with Crippen molar-refractivity contribution in [1.82, 2.24) is 9.88 Å². The van der Waals surface area contributed by atoms with Gasteiger partial charge in [0.05, 0.1) is 5.52 Å². The maximum absolute atomic E-state index is 11.9. The lowest BCUT2D eigenvalue weighted by molar-refractivity contribution is 0.408. The van der Waals surface area contributed by atoms with E-state index in [1.54, 1.807) is 6.07 Å². The van der Waals surface area contributed by atoms with Crippen LogP contribution in [-0.4, -0.2) is 17.2 Å². The van der Waals surface area contributed by atoms with Crippen LogP contribution in [0.3, 0.4) is 0 Å². The van der Waals surface area contributed by atoms with E-state index in [2.05, 4.69) is 9.88 Å². The van der Waals surface area contributed by atoms with Crippen LogP contribution in [-0.2, 0) is 6.54 Å². The lowest BCUT2D eigenvalue weighted by Crippen LogP contribution is -2.35. The highest BCUT2D eigenvalue weighted by atomic mass is 16.1. The highest BCUT2D eigenvalue weighted by molar-refractivity contribution is 5.78. The van der Waals surface area contributed by atoms with E-state index in [-0.39, 0.29) is 5.43 Å². The smallest absolute Gasteiger partial charge is 0.189 e. The first-order chi connectivity index (χ1) is 10.3. The molecule has 0 unspecified atom stereocenters. The van der Waals surface area contributed by atoms with Gasteiger partial charge in [-0.15, -0.1) is 0 Å². The summed E-state index contributed by atoms with van der Waals surface area (Å²) in [5, 5.41) is 4.59. The predicted molar refractivity (Wildman–Crippen MR) is 85.4 cm³/mol. The summed E-state index contributed by atoms with van der Waals surface area (Å²) < 4.78 is 2.20. The van der Waals surface area contributed by atoms with Crippen LogP contribution in [0.15, 0.2) is 41.3 Å². The number of nitrogens with one attached hydrogen (secondary N) is 1. The maximum atomic E-state index is 11.9. The molecule has 3 heteroatoms. The van der Waals surface area contributed by atoms with Gasteiger partial charge in [-0.1, -0.05) is 12.1 Å². The van der Waals surface area contributed by atoms with Crippen molar-refractivity contribution < 1.29 is 0 Å². The molecule has 2 fully saturated rings. The molecule has 3 nitrogen and oxygen atoms in total. The number of rotatable bonds is 6. The van der Waals surface area contributed by atoms with Crippen molar-refractivity contribution >= 4 is 10.9 Å². The highest BCUT2D eigenvalue weighted by Crippen LogP contribution is 2.44. The second-order valence-electron chi connectivity index (χ2n) is 6.55. The molecule has 1 N–H and O–H groups in total. The Morgan fingerprint density at radius 2 is 1.81 bits per heavy atom. The fourth-order valence-corrected chi connectivity index (χ4v) is 3.44. The minimum Gasteiger partial charge on any atom is -0.346 e. The molecule has 4 rings (SSSR count). The summed E-state index contributed by atoms with van der Waals surface area (Å²) in [6.45, 7) is 1.92. The minimum atomic E-state index is 0.114. The van der Waals surface area contributed by atoms with Crippen LogP contribution in [0.2, 0.25) is 0 Å². The van der Waals surface area contributed by atoms with E-state index >= 15 is 0 Å². The third kappa shape index (κ3) is 2.75. The number of nitrogens with zero attached hydrogens (tertiary/aromatic N) is 1. The van der Waals surface area contributed by atoms with Crippen LogP contribution in [0.1, 0.15) is 25.7 Å². The van der Waals surface area contributed by atoms with Gasteiger partial charge in [-0.25, -0.2) is 0 Å². The van der Waals surface area contributed by atoms with Gasteiger partial charge < -0.3 is 9.88 Å². The average Bonchev–Trinajstić information content (AvgIpc) is 3.39. The number of fused-ring (bicyclic) bond motifs is 1. The molecule has 1 aromatic carbocycles. The molecule has 0 saturated heterocycles. The number of benzene rings is 1. The van der Waals surface area contributed by atoms with Gasteiger partial charge in [0.25, 0.3) is 0 Å². The third-order valence-electron chi connectivity index (χ3n) is 4.88. The van der Waals surface area contributed by atoms with Gasteiger partial charge in [-0.3, -0.25) is 4.79 Å². The summed E-state index contributed by atoms with van der Waals surface area (Å²) >= 11 is 0. The quantitative estimate of drug-likeness (QED) is 0.884. The van der Waals surface area contributed by atoms with E-state index in [9.17, 15) is 4.79 Å². The van der Waals surface area contributed by atoms with Crippen LogP contribution in [0.25, 0.3) is 10.9 Å². The number of aromatic nitrogens is 1. The van der Waals surface area contributed by atoms with Crippen LogP contribution in [0.5, 0.6) is 0 Å². The van der Waals surface area contributed by atoms with Gasteiger partial charge >= 0.3 is 0 Å². The van der Waals surface area contributed by atoms with Crippen molar-refractivity contribution in [3.8, 4) is 0 Å². The predicted octanol–water partition coefficient (Wildman–Crippen LogP) is 2.78. The molecular weight excluding hydrogens is 260 g/mol. The van der Waals surface area contributed by atoms with E-state index in [1.807, 2.05) is 30.5 Å². The summed E-state index contributed by atoms with van der Waals surface area (Å²) in [6.07, 6.45) is 7.57. The first-order valence-electron chi connectivity index (χ1n) is 8.14. The monoisotopic (exact) mass is 282 g/mol. The van der Waals surface area contributed by atoms with Crippen LogP contribution >= 0.6 is 0 Å². The van der Waals surface area contributed by atoms with Crippen molar-refractivity contribution in [2.24, 2.45) is 11.8 Å². The molecule has 0 atom stereocenters. The fourth-order valence-electron chi connectivity index (χ4n) is 3.44. The molecule has 2 aliphatic carbocycles. The number of para-hydroxylation sites is 1. The molecule has 2 aromatic rings. The van der Waals surface area contributed by atoms with E-state index < -0.39 is 0 Å². The largest absolute Gasteiger partial charge is 0.346 e. The molecule has 0 bridgehead atoms. The van der Waals surface area contributed by atoms with Gasteiger partial charge in [-0.05, 0) is 49.7 Å². The molecule has 0 radical (unpaired) electrons. The highest BCUT2D eigenvalue weighted by Gasteiger charge is 2.40. The topological polar surface area (TPSA) is 34.0 Å². The second-order valence-corrected chi connectivity index (χ2v) is 6.55. The summed E-state index contributed by atoms with van der Waals surface area (Å²) in [4.78, 5) is 11.9.